The third-order valence-corrected chi connectivity index (χ3v) is 4.28. The fourth-order valence-corrected chi connectivity index (χ4v) is 2.81. The summed E-state index contributed by atoms with van der Waals surface area (Å²) in [5.41, 5.74) is 6.46. The first kappa shape index (κ1) is 22.4. The van der Waals surface area contributed by atoms with Gasteiger partial charge in [0.05, 0.1) is 13.1 Å². The number of carbonyl (C=O) groups excluding carboxylic acids is 3. The number of nitrogens with one attached hydrogen (secondary N) is 2. The number of amides is 4. The topological polar surface area (TPSA) is 142 Å². The summed E-state index contributed by atoms with van der Waals surface area (Å²) in [5, 5.41) is 14.5. The fourth-order valence-electron chi connectivity index (χ4n) is 2.81. The third kappa shape index (κ3) is 7.27. The van der Waals surface area contributed by atoms with Crippen LogP contribution >= 0.6 is 0 Å². The summed E-state index contributed by atoms with van der Waals surface area (Å²) in [6.07, 6.45) is -1.12. The number of hydrogen-bond acceptors (Lipinski definition) is 4. The molecule has 0 saturated carbocycles. The molecule has 0 unspecified atom stereocenters. The summed E-state index contributed by atoms with van der Waals surface area (Å²) in [5.74, 6) is -1.94. The van der Waals surface area contributed by atoms with Crippen LogP contribution in [0.1, 0.15) is 11.1 Å². The predicted molar refractivity (Wildman–Crippen MR) is 109 cm³/mol. The molecule has 0 aliphatic carbocycles. The van der Waals surface area contributed by atoms with Crippen molar-refractivity contribution in [1.29, 1.82) is 0 Å². The SMILES string of the molecule is NC(=O)CNC(=O)CNC(=O)[C@H](Cc1ccccc1)N(Cc1ccccc1)C(=O)O. The molecule has 2 aromatic rings. The highest BCUT2D eigenvalue weighted by Crippen LogP contribution is 2.14. The van der Waals surface area contributed by atoms with Gasteiger partial charge in [0.2, 0.25) is 17.7 Å². The first-order valence-corrected chi connectivity index (χ1v) is 9.27. The Bertz CT molecular complexity index is 873. The Morgan fingerprint density at radius 3 is 1.97 bits per heavy atom. The Labute approximate surface area is 173 Å². The van der Waals surface area contributed by atoms with Crippen LogP contribution in [0.15, 0.2) is 60.7 Å². The number of benzene rings is 2. The van der Waals surface area contributed by atoms with E-state index in [4.69, 9.17) is 5.73 Å². The van der Waals surface area contributed by atoms with E-state index in [1.807, 2.05) is 12.1 Å². The zero-order valence-electron chi connectivity index (χ0n) is 16.3. The maximum atomic E-state index is 12.8. The van der Waals surface area contributed by atoms with E-state index in [0.29, 0.717) is 0 Å². The van der Waals surface area contributed by atoms with Crippen LogP contribution in [-0.4, -0.2) is 53.0 Å². The zero-order chi connectivity index (χ0) is 21.9. The average molecular weight is 412 g/mol. The normalized spacial score (nSPS) is 11.2. The molecule has 1 atom stereocenters. The molecule has 2 aromatic carbocycles. The van der Waals surface area contributed by atoms with Gasteiger partial charge in [0.15, 0.2) is 0 Å². The lowest BCUT2D eigenvalue weighted by Crippen LogP contribution is -2.52. The summed E-state index contributed by atoms with van der Waals surface area (Å²) < 4.78 is 0. The maximum Gasteiger partial charge on any atom is 0.408 e. The van der Waals surface area contributed by atoms with Crippen molar-refractivity contribution in [3.05, 3.63) is 71.8 Å². The van der Waals surface area contributed by atoms with Crippen LogP contribution in [0, 0.1) is 0 Å². The number of hydrogen-bond donors (Lipinski definition) is 4. The van der Waals surface area contributed by atoms with E-state index in [0.717, 1.165) is 16.0 Å². The monoisotopic (exact) mass is 412 g/mol. The van der Waals surface area contributed by atoms with Crippen molar-refractivity contribution in [3.8, 4) is 0 Å². The Kier molecular flexibility index (Phi) is 8.37. The molecule has 0 aromatic heterocycles. The van der Waals surface area contributed by atoms with Gasteiger partial charge in [-0.15, -0.1) is 0 Å². The van der Waals surface area contributed by atoms with Crippen molar-refractivity contribution in [2.45, 2.75) is 19.0 Å². The van der Waals surface area contributed by atoms with Crippen LogP contribution < -0.4 is 16.4 Å². The Hall–Kier alpha value is -3.88. The van der Waals surface area contributed by atoms with Gasteiger partial charge in [-0.2, -0.15) is 0 Å². The van der Waals surface area contributed by atoms with Gasteiger partial charge in [0, 0.05) is 13.0 Å². The molecule has 9 nitrogen and oxygen atoms in total. The highest BCUT2D eigenvalue weighted by Gasteiger charge is 2.30. The van der Waals surface area contributed by atoms with Crippen molar-refractivity contribution in [3.63, 3.8) is 0 Å². The molecule has 0 heterocycles. The lowest BCUT2D eigenvalue weighted by Gasteiger charge is -2.29. The van der Waals surface area contributed by atoms with Crippen molar-refractivity contribution < 1.29 is 24.3 Å². The minimum atomic E-state index is -1.26. The molecule has 9 heteroatoms. The number of carboxylic acid groups (broad SMARTS) is 1. The zero-order valence-corrected chi connectivity index (χ0v) is 16.3. The minimum absolute atomic E-state index is 0.00889. The van der Waals surface area contributed by atoms with Crippen LogP contribution in [-0.2, 0) is 27.3 Å². The van der Waals surface area contributed by atoms with Crippen LogP contribution in [0.5, 0.6) is 0 Å². The molecule has 0 aliphatic rings. The second-order valence-corrected chi connectivity index (χ2v) is 6.56. The predicted octanol–water partition coefficient (Wildman–Crippen LogP) is 0.496. The first-order chi connectivity index (χ1) is 14.4. The third-order valence-electron chi connectivity index (χ3n) is 4.28. The van der Waals surface area contributed by atoms with Gasteiger partial charge >= 0.3 is 6.09 Å². The van der Waals surface area contributed by atoms with Gasteiger partial charge in [-0.3, -0.25) is 19.3 Å². The summed E-state index contributed by atoms with van der Waals surface area (Å²) >= 11 is 0. The van der Waals surface area contributed by atoms with E-state index in [1.165, 1.54) is 0 Å². The van der Waals surface area contributed by atoms with Crippen LogP contribution in [0.25, 0.3) is 0 Å². The van der Waals surface area contributed by atoms with Gasteiger partial charge in [0.1, 0.15) is 6.04 Å². The number of nitrogens with zero attached hydrogens (tertiary/aromatic N) is 1. The molecule has 0 aliphatic heterocycles. The van der Waals surface area contributed by atoms with Crippen molar-refractivity contribution in [2.24, 2.45) is 5.73 Å². The second-order valence-electron chi connectivity index (χ2n) is 6.56. The van der Waals surface area contributed by atoms with E-state index in [9.17, 15) is 24.3 Å². The van der Waals surface area contributed by atoms with Crippen LogP contribution in [0.4, 0.5) is 4.79 Å². The molecule has 2 rings (SSSR count). The summed E-state index contributed by atoms with van der Waals surface area (Å²) in [6, 6.07) is 16.9. The molecule has 0 bridgehead atoms. The van der Waals surface area contributed by atoms with Gasteiger partial charge in [-0.05, 0) is 11.1 Å². The van der Waals surface area contributed by atoms with Gasteiger partial charge < -0.3 is 21.5 Å². The number of primary amides is 1. The lowest BCUT2D eigenvalue weighted by molar-refractivity contribution is -0.129. The molecule has 30 heavy (non-hydrogen) atoms. The molecule has 158 valence electrons. The van der Waals surface area contributed by atoms with Crippen LogP contribution in [0.2, 0.25) is 0 Å². The van der Waals surface area contributed by atoms with Gasteiger partial charge in [-0.25, -0.2) is 4.79 Å². The average Bonchev–Trinajstić information content (AvgIpc) is 2.74. The molecule has 4 amide bonds. The smallest absolute Gasteiger partial charge is 0.408 e. The van der Waals surface area contributed by atoms with Gasteiger partial charge in [-0.1, -0.05) is 60.7 Å². The molecule has 0 radical (unpaired) electrons. The van der Waals surface area contributed by atoms with E-state index in [-0.39, 0.29) is 19.5 Å². The highest BCUT2D eigenvalue weighted by molar-refractivity contribution is 5.90. The summed E-state index contributed by atoms with van der Waals surface area (Å²) in [6.45, 7) is -0.747. The lowest BCUT2D eigenvalue weighted by atomic mass is 10.0. The quantitative estimate of drug-likeness (QED) is 0.449. The van der Waals surface area contributed by atoms with Gasteiger partial charge in [0.25, 0.3) is 0 Å². The number of carbonyl (C=O) groups is 4. The largest absolute Gasteiger partial charge is 0.465 e. The standard InChI is InChI=1S/C21H24N4O5/c22-18(26)12-23-19(27)13-24-20(28)17(11-15-7-3-1-4-8-15)25(21(29)30)14-16-9-5-2-6-10-16/h1-10,17H,11-14H2,(H2,22,26)(H,23,27)(H,24,28)(H,29,30)/t17-/m0/s1. The Morgan fingerprint density at radius 2 is 1.43 bits per heavy atom. The molecule has 0 fully saturated rings. The van der Waals surface area contributed by atoms with Crippen LogP contribution in [0.3, 0.4) is 0 Å². The van der Waals surface area contributed by atoms with Crippen molar-refractivity contribution in [1.82, 2.24) is 15.5 Å². The molecule has 0 saturated heterocycles. The molecule has 0 spiro atoms. The summed E-state index contributed by atoms with van der Waals surface area (Å²) in [4.78, 5) is 48.4. The van der Waals surface area contributed by atoms with E-state index in [2.05, 4.69) is 10.6 Å². The molecule has 5 N–H and O–H groups in total. The Morgan fingerprint density at radius 1 is 0.867 bits per heavy atom. The van der Waals surface area contributed by atoms with E-state index >= 15 is 0 Å². The highest BCUT2D eigenvalue weighted by atomic mass is 16.4. The maximum absolute atomic E-state index is 12.8. The number of rotatable bonds is 10. The minimum Gasteiger partial charge on any atom is -0.465 e. The molecular weight excluding hydrogens is 388 g/mol. The fraction of sp³-hybridized carbons (Fsp3) is 0.238. The van der Waals surface area contributed by atoms with Crippen molar-refractivity contribution >= 4 is 23.8 Å². The summed E-state index contributed by atoms with van der Waals surface area (Å²) in [7, 11) is 0. The van der Waals surface area contributed by atoms with E-state index in [1.54, 1.807) is 48.5 Å². The Balaban J connectivity index is 2.17. The molecular formula is C21H24N4O5. The second kappa shape index (κ2) is 11.2. The first-order valence-electron chi connectivity index (χ1n) is 9.27. The van der Waals surface area contributed by atoms with Crippen molar-refractivity contribution in [2.75, 3.05) is 13.1 Å². The van der Waals surface area contributed by atoms with E-state index < -0.39 is 36.4 Å². The number of nitrogens with two attached hydrogens (primary N) is 1.